The first-order valence-electron chi connectivity index (χ1n) is 15.3. The summed E-state index contributed by atoms with van der Waals surface area (Å²) in [7, 11) is -4.65. The van der Waals surface area contributed by atoms with Gasteiger partial charge in [0, 0.05) is 48.7 Å². The van der Waals surface area contributed by atoms with E-state index >= 15 is 0 Å². The number of hydrogen-bond donors (Lipinski definition) is 3. The van der Waals surface area contributed by atoms with Crippen molar-refractivity contribution >= 4 is 38.2 Å². The minimum Gasteiger partial charge on any atom is -0.464 e. The molecule has 240 valence electrons. The highest BCUT2D eigenvalue weighted by atomic mass is 32.2. The van der Waals surface area contributed by atoms with E-state index in [-0.39, 0.29) is 17.5 Å². The lowest BCUT2D eigenvalue weighted by molar-refractivity contribution is -0.384. The normalized spacial score (nSPS) is 24.5. The van der Waals surface area contributed by atoms with Gasteiger partial charge in [0.05, 0.1) is 22.1 Å². The third-order valence-corrected chi connectivity index (χ3v) is 11.2. The van der Waals surface area contributed by atoms with Gasteiger partial charge in [-0.3, -0.25) is 19.8 Å². The maximum atomic E-state index is 14.4. The number of fused-ring (bicyclic) bond motifs is 1. The zero-order valence-electron chi connectivity index (χ0n) is 25.0. The number of pyridine rings is 1. The third-order valence-electron chi connectivity index (χ3n) is 9.05. The number of carbonyl (C=O) groups excluding carboxylic acids is 1. The van der Waals surface area contributed by atoms with Gasteiger partial charge in [0.1, 0.15) is 23.0 Å². The number of allylic oxidation sites excluding steroid dienone is 2. The molecule has 0 spiro atoms. The number of nitrogens with two attached hydrogens (primary N) is 1. The summed E-state index contributed by atoms with van der Waals surface area (Å²) < 4.78 is 35.0. The number of nitrogens with zero attached hydrogens (tertiary/aromatic N) is 4. The van der Waals surface area contributed by atoms with Crippen LogP contribution < -0.4 is 15.8 Å². The van der Waals surface area contributed by atoms with Gasteiger partial charge in [-0.1, -0.05) is 18.2 Å². The van der Waals surface area contributed by atoms with Crippen molar-refractivity contribution in [3.05, 3.63) is 77.1 Å². The molecule has 4 N–H and O–H groups in total. The van der Waals surface area contributed by atoms with Crippen LogP contribution in [0.3, 0.4) is 0 Å². The van der Waals surface area contributed by atoms with Crippen LogP contribution in [0.1, 0.15) is 44.9 Å². The average Bonchev–Trinajstić information content (AvgIpc) is 3.78. The Morgan fingerprint density at radius 1 is 1.17 bits per heavy atom. The number of carbonyl (C=O) groups is 1. The van der Waals surface area contributed by atoms with Crippen molar-refractivity contribution in [2.24, 2.45) is 11.7 Å². The first-order valence-corrected chi connectivity index (χ1v) is 16.8. The highest BCUT2D eigenvalue weighted by Gasteiger charge is 2.54. The van der Waals surface area contributed by atoms with Crippen LogP contribution >= 0.6 is 0 Å². The first kappa shape index (κ1) is 31.3. The summed E-state index contributed by atoms with van der Waals surface area (Å²) in [6, 6.07) is 10.1. The number of nitro groups is 1. The monoisotopic (exact) mass is 645 g/mol. The van der Waals surface area contributed by atoms with Gasteiger partial charge in [-0.2, -0.15) is 5.26 Å². The van der Waals surface area contributed by atoms with Crippen molar-refractivity contribution in [2.75, 3.05) is 11.9 Å². The molecular formula is C32H35N7O6S. The molecule has 13 nitrogen and oxygen atoms in total. The number of hydrogen-bond acceptors (Lipinski definition) is 10. The predicted octanol–water partition coefficient (Wildman–Crippen LogP) is 4.35. The molecule has 46 heavy (non-hydrogen) atoms. The average molecular weight is 646 g/mol. The molecule has 2 heterocycles. The van der Waals surface area contributed by atoms with E-state index in [0.29, 0.717) is 29.5 Å². The summed E-state index contributed by atoms with van der Waals surface area (Å²) in [6.45, 7) is 0.759. The molecule has 2 unspecified atom stereocenters. The molecule has 0 radical (unpaired) electrons. The number of nitriles is 1. The Bertz CT molecular complexity index is 1850. The second-order valence-corrected chi connectivity index (χ2v) is 14.1. The van der Waals surface area contributed by atoms with Crippen molar-refractivity contribution in [1.82, 2.24) is 14.9 Å². The van der Waals surface area contributed by atoms with E-state index < -0.39 is 42.1 Å². The van der Waals surface area contributed by atoms with Gasteiger partial charge in [-0.25, -0.2) is 13.4 Å². The largest absolute Gasteiger partial charge is 0.464 e. The standard InChI is InChI=1S/C32H35N7O6S/c33-15-3-17-38(24-9-10-24)23-7-5-22(6-8-23)37-28-12-11-26(19-29(28)39(41)42)46(43,44)32(14-2-1-4-27(32)30(34)40)45-25-18-21-13-16-35-31(21)36-20-25/h1-2,4,11-14,16,18-20,22-24,27,37H,3,5-10,17H2,(H2,34,40)(H,35,36). The number of nitrogens with one attached hydrogen (secondary N) is 2. The topological polar surface area (TPSA) is 197 Å². The predicted molar refractivity (Wildman–Crippen MR) is 170 cm³/mol. The van der Waals surface area contributed by atoms with E-state index in [0.717, 1.165) is 51.1 Å². The third kappa shape index (κ3) is 5.95. The Kier molecular flexibility index (Phi) is 8.54. The fraction of sp³-hybridized carbons (Fsp3) is 0.406. The van der Waals surface area contributed by atoms with E-state index in [1.165, 1.54) is 42.6 Å². The molecule has 2 atom stereocenters. The Morgan fingerprint density at radius 2 is 1.91 bits per heavy atom. The minimum absolute atomic E-state index is 0.0365. The van der Waals surface area contributed by atoms with Crippen LogP contribution in [0.2, 0.25) is 0 Å². The van der Waals surface area contributed by atoms with Crippen LogP contribution in [0.15, 0.2) is 71.9 Å². The summed E-state index contributed by atoms with van der Waals surface area (Å²) in [5.74, 6) is -2.32. The summed E-state index contributed by atoms with van der Waals surface area (Å²) in [6.07, 6.45) is 14.7. The van der Waals surface area contributed by atoms with Gasteiger partial charge in [-0.15, -0.1) is 0 Å². The van der Waals surface area contributed by atoms with E-state index in [2.05, 4.69) is 26.3 Å². The van der Waals surface area contributed by atoms with Crippen molar-refractivity contribution in [3.63, 3.8) is 0 Å². The number of anilines is 1. The van der Waals surface area contributed by atoms with Crippen molar-refractivity contribution in [3.8, 4) is 11.8 Å². The van der Waals surface area contributed by atoms with Gasteiger partial charge >= 0.3 is 0 Å². The molecule has 6 rings (SSSR count). The Hall–Kier alpha value is -4.74. The van der Waals surface area contributed by atoms with Crippen molar-refractivity contribution in [1.29, 1.82) is 5.26 Å². The molecule has 2 fully saturated rings. The molecule has 0 saturated heterocycles. The first-order chi connectivity index (χ1) is 22.1. The van der Waals surface area contributed by atoms with Gasteiger partial charge in [0.25, 0.3) is 5.69 Å². The second kappa shape index (κ2) is 12.6. The van der Waals surface area contributed by atoms with Crippen molar-refractivity contribution < 1.29 is 22.9 Å². The molecule has 3 aromatic rings. The Balaban J connectivity index is 1.27. The molecule has 0 bridgehead atoms. The maximum Gasteiger partial charge on any atom is 0.293 e. The fourth-order valence-electron chi connectivity index (χ4n) is 6.62. The van der Waals surface area contributed by atoms with Crippen molar-refractivity contribution in [2.45, 2.75) is 72.9 Å². The van der Waals surface area contributed by atoms with Gasteiger partial charge < -0.3 is 20.8 Å². The van der Waals surface area contributed by atoms with Crippen LogP contribution in [-0.4, -0.2) is 63.7 Å². The fourth-order valence-corrected chi connectivity index (χ4v) is 8.50. The highest BCUT2D eigenvalue weighted by Crippen LogP contribution is 2.42. The lowest BCUT2D eigenvalue weighted by Gasteiger charge is -2.37. The smallest absolute Gasteiger partial charge is 0.293 e. The lowest BCUT2D eigenvalue weighted by atomic mass is 9.89. The summed E-state index contributed by atoms with van der Waals surface area (Å²) in [5, 5.41) is 25.3. The highest BCUT2D eigenvalue weighted by molar-refractivity contribution is 7.93. The Labute approximate surface area is 266 Å². The van der Waals surface area contributed by atoms with E-state index in [1.54, 1.807) is 18.3 Å². The summed E-state index contributed by atoms with van der Waals surface area (Å²) in [5.41, 5.74) is 6.05. The molecular weight excluding hydrogens is 610 g/mol. The number of aromatic amines is 1. The van der Waals surface area contributed by atoms with E-state index in [1.807, 2.05) is 0 Å². The van der Waals surface area contributed by atoms with Gasteiger partial charge in [0.15, 0.2) is 0 Å². The quantitative estimate of drug-likeness (QED) is 0.188. The molecule has 14 heteroatoms. The molecule has 0 aliphatic heterocycles. The molecule has 3 aliphatic rings. The maximum absolute atomic E-state index is 14.4. The molecule has 1 amide bonds. The number of primary amides is 1. The molecule has 2 saturated carbocycles. The lowest BCUT2D eigenvalue weighted by Crippen LogP contribution is -2.53. The summed E-state index contributed by atoms with van der Waals surface area (Å²) >= 11 is 0. The van der Waals surface area contributed by atoms with Crippen LogP contribution in [0.4, 0.5) is 11.4 Å². The second-order valence-electron chi connectivity index (χ2n) is 12.0. The van der Waals surface area contributed by atoms with Gasteiger partial charge in [-0.05, 0) is 68.9 Å². The molecule has 3 aliphatic carbocycles. The van der Waals surface area contributed by atoms with E-state index in [4.69, 9.17) is 15.7 Å². The van der Waals surface area contributed by atoms with Crippen LogP contribution in [0.25, 0.3) is 11.0 Å². The number of aromatic nitrogens is 2. The number of amides is 1. The zero-order valence-corrected chi connectivity index (χ0v) is 25.9. The van der Waals surface area contributed by atoms with Gasteiger partial charge in [0.2, 0.25) is 20.7 Å². The molecule has 1 aromatic carbocycles. The SMILES string of the molecule is N#CCCN(C1CCC(Nc2ccc(S(=O)(=O)C3(Oc4cnc5[nH]ccc5c4)C=CC=CC3C(N)=O)cc2[N+](=O)[O-])CC1)C1CC1. The Morgan fingerprint density at radius 3 is 2.59 bits per heavy atom. The summed E-state index contributed by atoms with van der Waals surface area (Å²) in [4.78, 5) is 31.2. The van der Waals surface area contributed by atoms with Crippen LogP contribution in [0, 0.1) is 27.4 Å². The van der Waals surface area contributed by atoms with Crippen LogP contribution in [-0.2, 0) is 14.6 Å². The number of H-pyrrole nitrogens is 1. The molecule has 2 aromatic heterocycles. The number of ether oxygens (including phenoxy) is 1. The minimum atomic E-state index is -4.65. The van der Waals surface area contributed by atoms with Crippen LogP contribution in [0.5, 0.6) is 5.75 Å². The number of sulfone groups is 1. The zero-order chi connectivity index (χ0) is 32.5. The number of benzene rings is 1. The number of rotatable bonds is 12. The van der Waals surface area contributed by atoms with E-state index in [9.17, 15) is 23.3 Å². The number of nitro benzene ring substituents is 1.